The van der Waals surface area contributed by atoms with Crippen LogP contribution in [0, 0.1) is 6.92 Å². The standard InChI is InChI=1S/C21H21N3O5/c1-14-4-3-5-17-20(14)22-13-24(21(17)27)11-10-18(25)23-15-6-8-16(9-7-15)29-12-19(26)28-2/h3-9,13H,10-12H2,1-2H3,(H,23,25). The summed E-state index contributed by atoms with van der Waals surface area (Å²) in [5.41, 5.74) is 2.02. The molecule has 0 saturated carbocycles. The van der Waals surface area contributed by atoms with Crippen LogP contribution < -0.4 is 15.6 Å². The third-order valence-corrected chi connectivity index (χ3v) is 4.36. The average Bonchev–Trinajstić information content (AvgIpc) is 2.73. The van der Waals surface area contributed by atoms with E-state index in [1.54, 1.807) is 30.3 Å². The lowest BCUT2D eigenvalue weighted by Gasteiger charge is -2.09. The molecule has 8 heteroatoms. The molecule has 0 spiro atoms. The van der Waals surface area contributed by atoms with Crippen LogP contribution >= 0.6 is 0 Å². The number of methoxy groups -OCH3 is 1. The van der Waals surface area contributed by atoms with Crippen LogP contribution in [0.4, 0.5) is 5.69 Å². The molecule has 29 heavy (non-hydrogen) atoms. The summed E-state index contributed by atoms with van der Waals surface area (Å²) in [6, 6.07) is 12.1. The molecular weight excluding hydrogens is 374 g/mol. The Balaban J connectivity index is 1.57. The fourth-order valence-corrected chi connectivity index (χ4v) is 2.78. The van der Waals surface area contributed by atoms with E-state index in [-0.39, 0.29) is 31.0 Å². The molecular formula is C21H21N3O5. The summed E-state index contributed by atoms with van der Waals surface area (Å²) in [5, 5.41) is 3.30. The number of benzene rings is 2. The Morgan fingerprint density at radius 3 is 2.62 bits per heavy atom. The van der Waals surface area contributed by atoms with Crippen molar-refractivity contribution >= 4 is 28.5 Å². The second-order valence-electron chi connectivity index (χ2n) is 6.40. The van der Waals surface area contributed by atoms with E-state index in [2.05, 4.69) is 15.0 Å². The van der Waals surface area contributed by atoms with Crippen molar-refractivity contribution in [2.24, 2.45) is 0 Å². The molecule has 2 aromatic carbocycles. The Hall–Kier alpha value is -3.68. The van der Waals surface area contributed by atoms with Gasteiger partial charge in [0.2, 0.25) is 5.91 Å². The van der Waals surface area contributed by atoms with Gasteiger partial charge in [0, 0.05) is 18.7 Å². The monoisotopic (exact) mass is 395 g/mol. The SMILES string of the molecule is COC(=O)COc1ccc(NC(=O)CCn2cnc3c(C)cccc3c2=O)cc1. The summed E-state index contributed by atoms with van der Waals surface area (Å²) in [5.74, 6) is -0.224. The highest BCUT2D eigenvalue weighted by molar-refractivity contribution is 5.90. The van der Waals surface area contributed by atoms with Gasteiger partial charge < -0.3 is 14.8 Å². The minimum absolute atomic E-state index is 0.125. The molecule has 0 saturated heterocycles. The van der Waals surface area contributed by atoms with Crippen molar-refractivity contribution in [2.45, 2.75) is 19.9 Å². The van der Waals surface area contributed by atoms with Gasteiger partial charge in [0.25, 0.3) is 5.56 Å². The molecule has 1 amide bonds. The number of carbonyl (C=O) groups excluding carboxylic acids is 2. The average molecular weight is 395 g/mol. The van der Waals surface area contributed by atoms with E-state index >= 15 is 0 Å². The van der Waals surface area contributed by atoms with E-state index in [0.29, 0.717) is 22.3 Å². The first-order valence-electron chi connectivity index (χ1n) is 9.02. The number of aromatic nitrogens is 2. The maximum atomic E-state index is 12.6. The van der Waals surface area contributed by atoms with E-state index in [1.165, 1.54) is 18.0 Å². The summed E-state index contributed by atoms with van der Waals surface area (Å²) in [7, 11) is 1.29. The maximum Gasteiger partial charge on any atom is 0.343 e. The highest BCUT2D eigenvalue weighted by atomic mass is 16.6. The summed E-state index contributed by atoms with van der Waals surface area (Å²) in [4.78, 5) is 40.2. The normalized spacial score (nSPS) is 10.6. The molecule has 3 rings (SSSR count). The Morgan fingerprint density at radius 2 is 1.90 bits per heavy atom. The molecule has 8 nitrogen and oxygen atoms in total. The fraction of sp³-hybridized carbons (Fsp3) is 0.238. The van der Waals surface area contributed by atoms with Crippen molar-refractivity contribution in [1.82, 2.24) is 9.55 Å². The second-order valence-corrected chi connectivity index (χ2v) is 6.40. The number of hydrogen-bond acceptors (Lipinski definition) is 6. The lowest BCUT2D eigenvalue weighted by atomic mass is 10.1. The molecule has 0 fully saturated rings. The van der Waals surface area contributed by atoms with Gasteiger partial charge in [-0.3, -0.25) is 14.2 Å². The molecule has 0 aliphatic heterocycles. The molecule has 1 heterocycles. The zero-order valence-electron chi connectivity index (χ0n) is 16.2. The first-order chi connectivity index (χ1) is 14.0. The molecule has 1 aromatic heterocycles. The number of amides is 1. The lowest BCUT2D eigenvalue weighted by Crippen LogP contribution is -2.23. The maximum absolute atomic E-state index is 12.6. The van der Waals surface area contributed by atoms with Gasteiger partial charge in [0.1, 0.15) is 5.75 Å². The quantitative estimate of drug-likeness (QED) is 0.616. The van der Waals surface area contributed by atoms with Crippen LogP contribution in [0.2, 0.25) is 0 Å². The van der Waals surface area contributed by atoms with Crippen LogP contribution in [0.25, 0.3) is 10.9 Å². The molecule has 0 aliphatic carbocycles. The predicted octanol–water partition coefficient (Wildman–Crippen LogP) is 2.29. The third-order valence-electron chi connectivity index (χ3n) is 4.36. The van der Waals surface area contributed by atoms with E-state index < -0.39 is 5.97 Å². The number of carbonyl (C=O) groups is 2. The number of hydrogen-bond donors (Lipinski definition) is 1. The highest BCUT2D eigenvalue weighted by Gasteiger charge is 2.09. The number of fused-ring (bicyclic) bond motifs is 1. The van der Waals surface area contributed by atoms with E-state index in [4.69, 9.17) is 4.74 Å². The summed E-state index contributed by atoms with van der Waals surface area (Å²) >= 11 is 0. The van der Waals surface area contributed by atoms with Gasteiger partial charge in [0.05, 0.1) is 24.3 Å². The number of nitrogens with one attached hydrogen (secondary N) is 1. The molecule has 0 unspecified atom stereocenters. The Morgan fingerprint density at radius 1 is 1.14 bits per heavy atom. The van der Waals surface area contributed by atoms with Gasteiger partial charge in [-0.05, 0) is 42.8 Å². The van der Waals surface area contributed by atoms with Gasteiger partial charge in [-0.2, -0.15) is 0 Å². The van der Waals surface area contributed by atoms with Gasteiger partial charge in [-0.1, -0.05) is 12.1 Å². The van der Waals surface area contributed by atoms with E-state index in [0.717, 1.165) is 5.56 Å². The Kier molecular flexibility index (Phi) is 6.23. The van der Waals surface area contributed by atoms with Crippen LogP contribution in [-0.2, 0) is 20.9 Å². The van der Waals surface area contributed by atoms with Crippen molar-refractivity contribution in [1.29, 1.82) is 0 Å². The van der Waals surface area contributed by atoms with Crippen LogP contribution in [0.5, 0.6) is 5.75 Å². The predicted molar refractivity (Wildman–Crippen MR) is 108 cm³/mol. The molecule has 0 bridgehead atoms. The first kappa shape index (κ1) is 20.1. The van der Waals surface area contributed by atoms with Crippen molar-refractivity contribution in [3.8, 4) is 5.75 Å². The third kappa shape index (κ3) is 4.98. The highest BCUT2D eigenvalue weighted by Crippen LogP contribution is 2.16. The number of nitrogens with zero attached hydrogens (tertiary/aromatic N) is 2. The zero-order chi connectivity index (χ0) is 20.8. The number of aryl methyl sites for hydroxylation is 2. The minimum Gasteiger partial charge on any atom is -0.482 e. The molecule has 0 radical (unpaired) electrons. The molecule has 150 valence electrons. The number of rotatable bonds is 7. The van der Waals surface area contributed by atoms with Crippen molar-refractivity contribution in [3.63, 3.8) is 0 Å². The van der Waals surface area contributed by atoms with Gasteiger partial charge >= 0.3 is 5.97 Å². The van der Waals surface area contributed by atoms with Crippen molar-refractivity contribution < 1.29 is 19.1 Å². The number of esters is 1. The van der Waals surface area contributed by atoms with E-state index in [1.807, 2.05) is 19.1 Å². The second kappa shape index (κ2) is 9.01. The van der Waals surface area contributed by atoms with Crippen molar-refractivity contribution in [3.05, 3.63) is 64.7 Å². The first-order valence-corrected chi connectivity index (χ1v) is 9.02. The van der Waals surface area contributed by atoms with Crippen LogP contribution in [-0.4, -0.2) is 35.1 Å². The fourth-order valence-electron chi connectivity index (χ4n) is 2.78. The van der Waals surface area contributed by atoms with Crippen LogP contribution in [0.1, 0.15) is 12.0 Å². The van der Waals surface area contributed by atoms with E-state index in [9.17, 15) is 14.4 Å². The molecule has 0 atom stereocenters. The molecule has 0 aliphatic rings. The summed E-state index contributed by atoms with van der Waals surface area (Å²) < 4.78 is 11.2. The summed E-state index contributed by atoms with van der Waals surface area (Å²) in [6.45, 7) is 1.94. The van der Waals surface area contributed by atoms with Gasteiger partial charge in [-0.25, -0.2) is 9.78 Å². The van der Waals surface area contributed by atoms with Crippen LogP contribution in [0.15, 0.2) is 53.6 Å². The number of ether oxygens (including phenoxy) is 2. The largest absolute Gasteiger partial charge is 0.482 e. The minimum atomic E-state index is -0.476. The van der Waals surface area contributed by atoms with Gasteiger partial charge in [0.15, 0.2) is 6.61 Å². The topological polar surface area (TPSA) is 99.5 Å². The van der Waals surface area contributed by atoms with Crippen LogP contribution in [0.3, 0.4) is 0 Å². The number of anilines is 1. The van der Waals surface area contributed by atoms with Crippen molar-refractivity contribution in [2.75, 3.05) is 19.0 Å². The number of para-hydroxylation sites is 1. The Labute approximate surface area is 167 Å². The molecule has 3 aromatic rings. The zero-order valence-corrected chi connectivity index (χ0v) is 16.2. The molecule has 1 N–H and O–H groups in total. The summed E-state index contributed by atoms with van der Waals surface area (Å²) in [6.07, 6.45) is 1.60. The van der Waals surface area contributed by atoms with Gasteiger partial charge in [-0.15, -0.1) is 0 Å². The Bertz CT molecular complexity index is 1090. The lowest BCUT2D eigenvalue weighted by molar-refractivity contribution is -0.142. The smallest absolute Gasteiger partial charge is 0.343 e.